The first-order valence-corrected chi connectivity index (χ1v) is 7.56. The molecular weight excluding hydrogens is 295 g/mol. The molecule has 1 aromatic carbocycles. The van der Waals surface area contributed by atoms with E-state index in [1.165, 1.54) is 12.1 Å². The predicted molar refractivity (Wildman–Crippen MR) is 86.5 cm³/mol. The molecule has 4 nitrogen and oxygen atoms in total. The number of halogens is 1. The minimum Gasteiger partial charge on any atom is -0.495 e. The van der Waals surface area contributed by atoms with E-state index in [-0.39, 0.29) is 17.6 Å². The van der Waals surface area contributed by atoms with Gasteiger partial charge in [0.2, 0.25) is 5.91 Å². The number of pyridine rings is 1. The molecule has 1 N–H and O–H groups in total. The largest absolute Gasteiger partial charge is 0.495 e. The van der Waals surface area contributed by atoms with E-state index in [4.69, 9.17) is 4.74 Å². The summed E-state index contributed by atoms with van der Waals surface area (Å²) in [6.07, 6.45) is 4.38. The quantitative estimate of drug-likeness (QED) is 0.854. The van der Waals surface area contributed by atoms with Crippen molar-refractivity contribution < 1.29 is 13.9 Å². The molecule has 0 saturated carbocycles. The highest BCUT2D eigenvalue weighted by Gasteiger charge is 2.10. The van der Waals surface area contributed by atoms with Crippen molar-refractivity contribution in [1.29, 1.82) is 0 Å². The second-order valence-corrected chi connectivity index (χ2v) is 5.65. The van der Waals surface area contributed by atoms with Crippen molar-refractivity contribution in [2.24, 2.45) is 5.92 Å². The van der Waals surface area contributed by atoms with Crippen LogP contribution >= 0.6 is 0 Å². The first-order valence-electron chi connectivity index (χ1n) is 7.56. The smallest absolute Gasteiger partial charge is 0.220 e. The number of ether oxygens (including phenoxy) is 1. The molecule has 1 unspecified atom stereocenters. The number of hydrogen-bond donors (Lipinski definition) is 1. The zero-order valence-corrected chi connectivity index (χ0v) is 13.4. The number of nitrogens with zero attached hydrogens (tertiary/aromatic N) is 1. The van der Waals surface area contributed by atoms with Gasteiger partial charge in [-0.3, -0.25) is 9.78 Å². The molecule has 1 atom stereocenters. The Bertz CT molecular complexity index is 661. The number of benzene rings is 1. The van der Waals surface area contributed by atoms with Crippen molar-refractivity contribution in [1.82, 2.24) is 10.3 Å². The highest BCUT2D eigenvalue weighted by molar-refractivity contribution is 5.76. The lowest BCUT2D eigenvalue weighted by Crippen LogP contribution is -2.25. The van der Waals surface area contributed by atoms with Crippen LogP contribution in [0.5, 0.6) is 5.75 Å². The van der Waals surface area contributed by atoms with Gasteiger partial charge in [0.1, 0.15) is 11.6 Å². The van der Waals surface area contributed by atoms with E-state index < -0.39 is 0 Å². The van der Waals surface area contributed by atoms with Crippen LogP contribution in [0.3, 0.4) is 0 Å². The van der Waals surface area contributed by atoms with Gasteiger partial charge in [0, 0.05) is 19.2 Å². The first kappa shape index (κ1) is 16.9. The van der Waals surface area contributed by atoms with Crippen molar-refractivity contribution in [2.75, 3.05) is 7.11 Å². The number of methoxy groups -OCH3 is 1. The zero-order valence-electron chi connectivity index (χ0n) is 13.4. The maximum absolute atomic E-state index is 13.2. The van der Waals surface area contributed by atoms with Gasteiger partial charge in [-0.05, 0) is 41.7 Å². The lowest BCUT2D eigenvalue weighted by atomic mass is 9.97. The Kier molecular flexibility index (Phi) is 6.09. The fraction of sp³-hybridized carbons (Fsp3) is 0.333. The molecule has 1 amide bonds. The Hall–Kier alpha value is -2.43. The van der Waals surface area contributed by atoms with Crippen LogP contribution in [0.25, 0.3) is 0 Å². The fourth-order valence-corrected chi connectivity index (χ4v) is 2.40. The van der Waals surface area contributed by atoms with Crippen molar-refractivity contribution in [3.8, 4) is 5.75 Å². The summed E-state index contributed by atoms with van der Waals surface area (Å²) in [6, 6.07) is 8.33. The van der Waals surface area contributed by atoms with Crippen LogP contribution in [0.2, 0.25) is 0 Å². The predicted octanol–water partition coefficient (Wildman–Crippen LogP) is 3.11. The third kappa shape index (κ3) is 5.70. The van der Waals surface area contributed by atoms with E-state index in [9.17, 15) is 9.18 Å². The molecule has 1 aromatic heterocycles. The molecule has 0 bridgehead atoms. The molecular formula is C18H21FN2O2. The molecule has 0 spiro atoms. The van der Waals surface area contributed by atoms with Gasteiger partial charge in [-0.1, -0.05) is 19.1 Å². The minimum atomic E-state index is -0.246. The van der Waals surface area contributed by atoms with Gasteiger partial charge in [-0.2, -0.15) is 0 Å². The average Bonchev–Trinajstić information content (AvgIpc) is 2.53. The van der Waals surface area contributed by atoms with Crippen LogP contribution in [-0.4, -0.2) is 18.0 Å². The molecule has 0 fully saturated rings. The molecule has 23 heavy (non-hydrogen) atoms. The van der Waals surface area contributed by atoms with Crippen molar-refractivity contribution in [3.63, 3.8) is 0 Å². The monoisotopic (exact) mass is 316 g/mol. The van der Waals surface area contributed by atoms with Gasteiger partial charge in [-0.15, -0.1) is 0 Å². The van der Waals surface area contributed by atoms with Crippen LogP contribution in [0.4, 0.5) is 4.39 Å². The van der Waals surface area contributed by atoms with Crippen LogP contribution in [-0.2, 0) is 17.8 Å². The summed E-state index contributed by atoms with van der Waals surface area (Å²) in [5.74, 6) is 0.526. The molecule has 1 heterocycles. The average molecular weight is 316 g/mol. The lowest BCUT2D eigenvalue weighted by Gasteiger charge is -2.12. The van der Waals surface area contributed by atoms with Crippen LogP contribution in [0.1, 0.15) is 24.5 Å². The number of nitrogens with one attached hydrogen (secondary N) is 1. The lowest BCUT2D eigenvalue weighted by molar-refractivity contribution is -0.122. The third-order valence-corrected chi connectivity index (χ3v) is 3.50. The number of carbonyl (C=O) groups excluding carboxylic acids is 1. The van der Waals surface area contributed by atoms with E-state index in [2.05, 4.69) is 10.3 Å². The molecule has 122 valence electrons. The maximum Gasteiger partial charge on any atom is 0.220 e. The normalized spacial score (nSPS) is 11.8. The van der Waals surface area contributed by atoms with Gasteiger partial charge in [-0.25, -0.2) is 4.39 Å². The molecule has 2 rings (SSSR count). The maximum atomic E-state index is 13.2. The van der Waals surface area contributed by atoms with Gasteiger partial charge in [0.15, 0.2) is 0 Å². The SMILES string of the molecule is COc1cncc(CNC(=O)CC(C)Cc2cccc(F)c2)c1. The topological polar surface area (TPSA) is 51.2 Å². The van der Waals surface area contributed by atoms with Gasteiger partial charge < -0.3 is 10.1 Å². The Morgan fingerprint density at radius 2 is 2.13 bits per heavy atom. The second kappa shape index (κ2) is 8.27. The van der Waals surface area contributed by atoms with E-state index in [0.717, 1.165) is 11.1 Å². The molecule has 0 radical (unpaired) electrons. The van der Waals surface area contributed by atoms with E-state index in [0.29, 0.717) is 25.1 Å². The Balaban J connectivity index is 1.79. The molecule has 2 aromatic rings. The van der Waals surface area contributed by atoms with Gasteiger partial charge >= 0.3 is 0 Å². The van der Waals surface area contributed by atoms with Gasteiger partial charge in [0.05, 0.1) is 13.3 Å². The molecule has 0 aliphatic carbocycles. The number of hydrogen-bond acceptors (Lipinski definition) is 3. The number of amides is 1. The molecule has 0 saturated heterocycles. The Labute approximate surface area is 135 Å². The number of aromatic nitrogens is 1. The Morgan fingerprint density at radius 3 is 2.87 bits per heavy atom. The zero-order chi connectivity index (χ0) is 16.7. The van der Waals surface area contributed by atoms with Crippen molar-refractivity contribution >= 4 is 5.91 Å². The summed E-state index contributed by atoms with van der Waals surface area (Å²) in [7, 11) is 1.58. The van der Waals surface area contributed by atoms with Crippen LogP contribution < -0.4 is 10.1 Å². The Morgan fingerprint density at radius 1 is 1.30 bits per heavy atom. The van der Waals surface area contributed by atoms with Crippen molar-refractivity contribution in [3.05, 3.63) is 59.7 Å². The number of carbonyl (C=O) groups is 1. The summed E-state index contributed by atoms with van der Waals surface area (Å²) in [4.78, 5) is 16.0. The third-order valence-electron chi connectivity index (χ3n) is 3.50. The van der Waals surface area contributed by atoms with E-state index in [1.807, 2.05) is 19.1 Å². The van der Waals surface area contributed by atoms with Crippen LogP contribution in [0, 0.1) is 11.7 Å². The van der Waals surface area contributed by atoms with Gasteiger partial charge in [0.25, 0.3) is 0 Å². The summed E-state index contributed by atoms with van der Waals surface area (Å²) < 4.78 is 18.3. The second-order valence-electron chi connectivity index (χ2n) is 5.65. The van der Waals surface area contributed by atoms with E-state index >= 15 is 0 Å². The summed E-state index contributed by atoms with van der Waals surface area (Å²) in [5.41, 5.74) is 1.79. The molecule has 0 aliphatic heterocycles. The first-order chi connectivity index (χ1) is 11.1. The number of rotatable bonds is 7. The standard InChI is InChI=1S/C18H21FN2O2/c1-13(6-14-4-3-5-16(19)8-14)7-18(22)21-11-15-9-17(23-2)12-20-10-15/h3-5,8-10,12-13H,6-7,11H2,1-2H3,(H,21,22). The molecule has 0 aliphatic rings. The van der Waals surface area contributed by atoms with Crippen LogP contribution in [0.15, 0.2) is 42.7 Å². The van der Waals surface area contributed by atoms with Crippen molar-refractivity contribution in [2.45, 2.75) is 26.3 Å². The van der Waals surface area contributed by atoms with E-state index in [1.54, 1.807) is 25.6 Å². The highest BCUT2D eigenvalue weighted by Crippen LogP contribution is 2.14. The highest BCUT2D eigenvalue weighted by atomic mass is 19.1. The minimum absolute atomic E-state index is 0.0308. The summed E-state index contributed by atoms with van der Waals surface area (Å²) >= 11 is 0. The molecule has 5 heteroatoms. The summed E-state index contributed by atoms with van der Waals surface area (Å²) in [6.45, 7) is 2.40. The summed E-state index contributed by atoms with van der Waals surface area (Å²) in [5, 5.41) is 2.87. The fourth-order valence-electron chi connectivity index (χ4n) is 2.40.